The van der Waals surface area contributed by atoms with Gasteiger partial charge in [0.25, 0.3) is 0 Å². The van der Waals surface area contributed by atoms with Crippen LogP contribution in [0.1, 0.15) is 21.5 Å². The van der Waals surface area contributed by atoms with Crippen LogP contribution in [-0.4, -0.2) is 20.0 Å². The van der Waals surface area contributed by atoms with Gasteiger partial charge in [-0.15, -0.1) is 0 Å². The summed E-state index contributed by atoms with van der Waals surface area (Å²) >= 11 is 6.12. The van der Waals surface area contributed by atoms with E-state index in [0.717, 1.165) is 11.6 Å². The van der Waals surface area contributed by atoms with Crippen molar-refractivity contribution < 1.29 is 18.7 Å². The van der Waals surface area contributed by atoms with E-state index in [9.17, 15) is 9.18 Å². The lowest BCUT2D eigenvalue weighted by molar-refractivity contribution is 0.103. The number of methoxy groups -OCH3 is 2. The van der Waals surface area contributed by atoms with Gasteiger partial charge in [0.05, 0.1) is 24.8 Å². The second-order valence-electron chi connectivity index (χ2n) is 4.45. The minimum Gasteiger partial charge on any atom is -0.493 e. The van der Waals surface area contributed by atoms with Crippen LogP contribution in [0.3, 0.4) is 0 Å². The Morgan fingerprint density at radius 2 is 1.71 bits per heavy atom. The quantitative estimate of drug-likeness (QED) is 0.800. The third-order valence-corrected chi connectivity index (χ3v) is 3.66. The number of aryl methyl sites for hydroxylation is 1. The van der Waals surface area contributed by atoms with Crippen LogP contribution in [-0.2, 0) is 0 Å². The van der Waals surface area contributed by atoms with Crippen molar-refractivity contribution in [2.75, 3.05) is 14.2 Å². The van der Waals surface area contributed by atoms with Crippen molar-refractivity contribution >= 4 is 17.4 Å². The van der Waals surface area contributed by atoms with Crippen LogP contribution < -0.4 is 9.47 Å². The standard InChI is InChI=1S/C16H14ClFO3/c1-9-5-4-6-10(15(9)17)16(19)11-7-13(20-2)14(21-3)8-12(11)18/h4-8H,1-3H3. The van der Waals surface area contributed by atoms with Crippen molar-refractivity contribution in [2.24, 2.45) is 0 Å². The van der Waals surface area contributed by atoms with E-state index in [1.54, 1.807) is 25.1 Å². The zero-order valence-electron chi connectivity index (χ0n) is 11.9. The van der Waals surface area contributed by atoms with Crippen LogP contribution in [0.4, 0.5) is 4.39 Å². The fourth-order valence-electron chi connectivity index (χ4n) is 2.00. The Labute approximate surface area is 127 Å². The molecule has 0 aliphatic heterocycles. The molecule has 0 aromatic heterocycles. The molecule has 0 saturated heterocycles. The van der Waals surface area contributed by atoms with E-state index in [0.29, 0.717) is 5.02 Å². The number of ether oxygens (including phenoxy) is 2. The van der Waals surface area contributed by atoms with E-state index < -0.39 is 11.6 Å². The maximum atomic E-state index is 14.1. The van der Waals surface area contributed by atoms with Gasteiger partial charge in [-0.1, -0.05) is 23.7 Å². The number of halogens is 2. The highest BCUT2D eigenvalue weighted by atomic mass is 35.5. The number of ketones is 1. The highest BCUT2D eigenvalue weighted by Crippen LogP contribution is 2.32. The topological polar surface area (TPSA) is 35.5 Å². The molecule has 0 unspecified atom stereocenters. The summed E-state index contributed by atoms with van der Waals surface area (Å²) in [6.45, 7) is 1.78. The van der Waals surface area contributed by atoms with E-state index in [2.05, 4.69) is 0 Å². The first-order valence-corrected chi connectivity index (χ1v) is 6.58. The first kappa shape index (κ1) is 15.3. The first-order chi connectivity index (χ1) is 9.99. The van der Waals surface area contributed by atoms with Gasteiger partial charge in [-0.2, -0.15) is 0 Å². The van der Waals surface area contributed by atoms with Gasteiger partial charge in [-0.3, -0.25) is 4.79 Å². The average Bonchev–Trinajstić information content (AvgIpc) is 2.49. The highest BCUT2D eigenvalue weighted by molar-refractivity contribution is 6.35. The molecule has 0 atom stereocenters. The maximum Gasteiger partial charge on any atom is 0.197 e. The third kappa shape index (κ3) is 2.85. The molecule has 110 valence electrons. The molecule has 2 aromatic rings. The molecule has 0 amide bonds. The minimum absolute atomic E-state index is 0.111. The number of rotatable bonds is 4. The van der Waals surface area contributed by atoms with Gasteiger partial charge in [-0.05, 0) is 24.6 Å². The van der Waals surface area contributed by atoms with Gasteiger partial charge < -0.3 is 9.47 Å². The van der Waals surface area contributed by atoms with Gasteiger partial charge in [-0.25, -0.2) is 4.39 Å². The zero-order chi connectivity index (χ0) is 15.6. The summed E-state index contributed by atoms with van der Waals surface area (Å²) in [5.74, 6) is -0.676. The monoisotopic (exact) mass is 308 g/mol. The molecule has 3 nitrogen and oxygen atoms in total. The summed E-state index contributed by atoms with van der Waals surface area (Å²) < 4.78 is 24.2. The van der Waals surface area contributed by atoms with Crippen LogP contribution in [0.25, 0.3) is 0 Å². The van der Waals surface area contributed by atoms with Gasteiger partial charge in [0.15, 0.2) is 17.3 Å². The van der Waals surface area contributed by atoms with E-state index in [1.165, 1.54) is 20.3 Å². The third-order valence-electron chi connectivity index (χ3n) is 3.15. The molecule has 0 bridgehead atoms. The van der Waals surface area contributed by atoms with E-state index in [1.807, 2.05) is 0 Å². The van der Waals surface area contributed by atoms with Crippen LogP contribution in [0.2, 0.25) is 5.02 Å². The molecule has 0 aliphatic carbocycles. The Kier molecular flexibility index (Phi) is 4.48. The molecule has 2 aromatic carbocycles. The summed E-state index contributed by atoms with van der Waals surface area (Å²) in [5.41, 5.74) is 0.895. The van der Waals surface area contributed by atoms with Gasteiger partial charge in [0.2, 0.25) is 0 Å². The van der Waals surface area contributed by atoms with E-state index in [4.69, 9.17) is 21.1 Å². The van der Waals surface area contributed by atoms with Crippen LogP contribution in [0.5, 0.6) is 11.5 Å². The molecule has 0 heterocycles. The number of benzene rings is 2. The van der Waals surface area contributed by atoms with E-state index in [-0.39, 0.29) is 22.6 Å². The molecule has 0 saturated carbocycles. The average molecular weight is 309 g/mol. The molecule has 0 radical (unpaired) electrons. The molecule has 0 spiro atoms. The number of hydrogen-bond donors (Lipinski definition) is 0. The van der Waals surface area contributed by atoms with Crippen molar-refractivity contribution in [1.29, 1.82) is 0 Å². The minimum atomic E-state index is -0.685. The zero-order valence-corrected chi connectivity index (χ0v) is 12.6. The Bertz CT molecular complexity index is 698. The first-order valence-electron chi connectivity index (χ1n) is 6.21. The lowest BCUT2D eigenvalue weighted by atomic mass is 10.0. The second-order valence-corrected chi connectivity index (χ2v) is 4.83. The highest BCUT2D eigenvalue weighted by Gasteiger charge is 2.20. The van der Waals surface area contributed by atoms with Crippen molar-refractivity contribution in [1.82, 2.24) is 0 Å². The van der Waals surface area contributed by atoms with Crippen molar-refractivity contribution in [3.05, 3.63) is 57.9 Å². The van der Waals surface area contributed by atoms with Gasteiger partial charge in [0.1, 0.15) is 5.82 Å². The molecule has 0 N–H and O–H groups in total. The summed E-state index contributed by atoms with van der Waals surface area (Å²) in [4.78, 5) is 12.5. The number of carbonyl (C=O) groups is 1. The van der Waals surface area contributed by atoms with Crippen LogP contribution in [0, 0.1) is 12.7 Å². The predicted molar refractivity (Wildman–Crippen MR) is 79.1 cm³/mol. The molecule has 5 heteroatoms. The summed E-state index contributed by atoms with van der Waals surface area (Å²) in [6.07, 6.45) is 0. The van der Waals surface area contributed by atoms with Crippen molar-refractivity contribution in [2.45, 2.75) is 6.92 Å². The van der Waals surface area contributed by atoms with Crippen molar-refractivity contribution in [3.63, 3.8) is 0 Å². The lowest BCUT2D eigenvalue weighted by Gasteiger charge is -2.11. The van der Waals surface area contributed by atoms with Crippen LogP contribution >= 0.6 is 11.6 Å². The molecular weight excluding hydrogens is 295 g/mol. The largest absolute Gasteiger partial charge is 0.493 e. The maximum absolute atomic E-state index is 14.1. The van der Waals surface area contributed by atoms with Crippen molar-refractivity contribution in [3.8, 4) is 11.5 Å². The molecule has 0 fully saturated rings. The molecule has 21 heavy (non-hydrogen) atoms. The van der Waals surface area contributed by atoms with Crippen LogP contribution in [0.15, 0.2) is 30.3 Å². The Morgan fingerprint density at radius 3 is 2.33 bits per heavy atom. The van der Waals surface area contributed by atoms with Gasteiger partial charge >= 0.3 is 0 Å². The fraction of sp³-hybridized carbons (Fsp3) is 0.188. The SMILES string of the molecule is COc1cc(F)c(C(=O)c2cccc(C)c2Cl)cc1OC. The lowest BCUT2D eigenvalue weighted by Crippen LogP contribution is -2.07. The molecule has 2 rings (SSSR count). The normalized spacial score (nSPS) is 10.3. The summed E-state index contributed by atoms with van der Waals surface area (Å²) in [5, 5.41) is 0.316. The van der Waals surface area contributed by atoms with E-state index >= 15 is 0 Å². The fourth-order valence-corrected chi connectivity index (χ4v) is 2.21. The Balaban J connectivity index is 2.56. The molecule has 0 aliphatic rings. The smallest absolute Gasteiger partial charge is 0.197 e. The summed E-state index contributed by atoms with van der Waals surface area (Å²) in [6, 6.07) is 7.48. The number of hydrogen-bond acceptors (Lipinski definition) is 3. The summed E-state index contributed by atoms with van der Waals surface area (Å²) in [7, 11) is 2.82. The second kappa shape index (κ2) is 6.14. The predicted octanol–water partition coefficient (Wildman–Crippen LogP) is 4.04. The Morgan fingerprint density at radius 1 is 1.10 bits per heavy atom. The number of carbonyl (C=O) groups excluding carboxylic acids is 1. The molecular formula is C16H14ClFO3. The van der Waals surface area contributed by atoms with Gasteiger partial charge in [0, 0.05) is 11.6 Å². The Hall–Kier alpha value is -2.07.